The van der Waals surface area contributed by atoms with Gasteiger partial charge in [0.2, 0.25) is 5.91 Å². The van der Waals surface area contributed by atoms with Crippen molar-refractivity contribution in [2.75, 3.05) is 19.8 Å². The van der Waals surface area contributed by atoms with Gasteiger partial charge in [-0.25, -0.2) is 4.39 Å². The Hall–Kier alpha value is -2.52. The molecule has 0 fully saturated rings. The Balaban J connectivity index is 2.65. The van der Waals surface area contributed by atoms with Gasteiger partial charge >= 0.3 is 0 Å². The second-order valence-electron chi connectivity index (χ2n) is 5.14. The van der Waals surface area contributed by atoms with E-state index in [0.29, 0.717) is 37.3 Å². The van der Waals surface area contributed by atoms with Gasteiger partial charge in [-0.2, -0.15) is 5.26 Å². The number of carbonyl (C=O) groups excluding carboxylic acids is 2. The Morgan fingerprint density at radius 3 is 2.62 bits per heavy atom. The van der Waals surface area contributed by atoms with Gasteiger partial charge in [-0.05, 0) is 49.6 Å². The zero-order valence-corrected chi connectivity index (χ0v) is 13.8. The van der Waals surface area contributed by atoms with Crippen LogP contribution in [0.1, 0.15) is 25.8 Å². The maximum atomic E-state index is 12.9. The minimum Gasteiger partial charge on any atom is -0.382 e. The molecule has 0 saturated heterocycles. The van der Waals surface area contributed by atoms with E-state index in [-0.39, 0.29) is 5.82 Å². The lowest BCUT2D eigenvalue weighted by Crippen LogP contribution is -2.35. The first-order valence-corrected chi connectivity index (χ1v) is 7.72. The molecular formula is C18H21FN2O3. The van der Waals surface area contributed by atoms with Crippen molar-refractivity contribution in [2.45, 2.75) is 20.3 Å². The molecule has 0 radical (unpaired) electrons. The number of hydrogen-bond donors (Lipinski definition) is 1. The number of nitrogens with one attached hydrogen (secondary N) is 1. The van der Waals surface area contributed by atoms with Gasteiger partial charge < -0.3 is 10.1 Å². The van der Waals surface area contributed by atoms with Gasteiger partial charge in [0.1, 0.15) is 5.82 Å². The number of ketones is 1. The van der Waals surface area contributed by atoms with E-state index in [9.17, 15) is 14.0 Å². The van der Waals surface area contributed by atoms with Crippen LogP contribution in [0.3, 0.4) is 0 Å². The Morgan fingerprint density at radius 1 is 1.38 bits per heavy atom. The van der Waals surface area contributed by atoms with Crippen molar-refractivity contribution in [2.24, 2.45) is 5.92 Å². The lowest BCUT2D eigenvalue weighted by atomic mass is 9.99. The highest BCUT2D eigenvalue weighted by Gasteiger charge is 2.24. The zero-order chi connectivity index (χ0) is 17.9. The lowest BCUT2D eigenvalue weighted by molar-refractivity contribution is -0.129. The summed E-state index contributed by atoms with van der Waals surface area (Å²) in [7, 11) is 0. The highest BCUT2D eigenvalue weighted by Crippen LogP contribution is 2.15. The minimum atomic E-state index is -1.40. The van der Waals surface area contributed by atoms with Crippen LogP contribution in [-0.2, 0) is 14.3 Å². The number of halogens is 1. The normalized spacial score (nSPS) is 12.3. The van der Waals surface area contributed by atoms with Crippen LogP contribution in [0.5, 0.6) is 0 Å². The van der Waals surface area contributed by atoms with Crippen LogP contribution in [0.2, 0.25) is 0 Å². The molecule has 1 amide bonds. The summed E-state index contributed by atoms with van der Waals surface area (Å²) in [4.78, 5) is 24.1. The summed E-state index contributed by atoms with van der Waals surface area (Å²) in [6, 6.07) is 7.35. The molecule has 1 atom stereocenters. The molecule has 0 aromatic heterocycles. The third-order valence-electron chi connectivity index (χ3n) is 3.30. The zero-order valence-electron chi connectivity index (χ0n) is 13.8. The first kappa shape index (κ1) is 19.5. The van der Waals surface area contributed by atoms with Crippen LogP contribution >= 0.6 is 0 Å². The largest absolute Gasteiger partial charge is 0.382 e. The van der Waals surface area contributed by atoms with E-state index in [0.717, 1.165) is 0 Å². The summed E-state index contributed by atoms with van der Waals surface area (Å²) >= 11 is 0. The Bertz CT molecular complexity index is 633. The molecule has 6 heteroatoms. The van der Waals surface area contributed by atoms with Crippen LogP contribution in [0.4, 0.5) is 4.39 Å². The molecule has 24 heavy (non-hydrogen) atoms. The van der Waals surface area contributed by atoms with Gasteiger partial charge in [0.25, 0.3) is 0 Å². The Labute approximate surface area is 141 Å². The number of ether oxygens (including phenoxy) is 1. The van der Waals surface area contributed by atoms with E-state index < -0.39 is 17.6 Å². The Morgan fingerprint density at radius 2 is 2.04 bits per heavy atom. The van der Waals surface area contributed by atoms with Gasteiger partial charge in [0.05, 0.1) is 6.07 Å². The van der Waals surface area contributed by atoms with E-state index in [4.69, 9.17) is 10.00 Å². The predicted molar refractivity (Wildman–Crippen MR) is 88.3 cm³/mol. The average Bonchev–Trinajstić information content (AvgIpc) is 2.55. The summed E-state index contributed by atoms with van der Waals surface area (Å²) in [5.41, 5.74) is 1.21. The summed E-state index contributed by atoms with van der Waals surface area (Å²) in [5, 5.41) is 11.6. The summed E-state index contributed by atoms with van der Waals surface area (Å²) < 4.78 is 18.0. The van der Waals surface area contributed by atoms with Crippen LogP contribution in [0.25, 0.3) is 5.57 Å². The number of hydrogen-bond acceptors (Lipinski definition) is 4. The van der Waals surface area contributed by atoms with Crippen molar-refractivity contribution in [3.05, 3.63) is 41.7 Å². The number of carbonyl (C=O) groups is 2. The number of nitriles is 1. The van der Waals surface area contributed by atoms with E-state index >= 15 is 0 Å². The average molecular weight is 332 g/mol. The monoisotopic (exact) mass is 332 g/mol. The molecule has 0 saturated carbocycles. The van der Waals surface area contributed by atoms with Gasteiger partial charge in [-0.3, -0.25) is 9.59 Å². The molecule has 1 aromatic carbocycles. The molecule has 0 aliphatic heterocycles. The van der Waals surface area contributed by atoms with Crippen molar-refractivity contribution >= 4 is 17.3 Å². The van der Waals surface area contributed by atoms with Crippen LogP contribution < -0.4 is 5.32 Å². The fourth-order valence-corrected chi connectivity index (χ4v) is 1.98. The fourth-order valence-electron chi connectivity index (χ4n) is 1.98. The lowest BCUT2D eigenvalue weighted by Gasteiger charge is -2.09. The third kappa shape index (κ3) is 6.31. The molecule has 128 valence electrons. The standard InChI is InChI=1S/C18H21FN2O3/c1-3-24-10-4-9-21-18(23)16(12-20)17(22)11-13(2)14-5-7-15(19)8-6-14/h5-8,11,16H,3-4,9-10H2,1-2H3,(H,21,23)/b13-11-/t16-/m0/s1. The Kier molecular flexibility index (Phi) is 8.37. The van der Waals surface area contributed by atoms with Crippen molar-refractivity contribution in [1.82, 2.24) is 5.32 Å². The molecule has 0 aliphatic rings. The van der Waals surface area contributed by atoms with Gasteiger partial charge in [-0.15, -0.1) is 0 Å². The molecule has 0 heterocycles. The smallest absolute Gasteiger partial charge is 0.245 e. The molecule has 1 rings (SSSR count). The van der Waals surface area contributed by atoms with Gasteiger partial charge in [0, 0.05) is 19.8 Å². The number of amides is 1. The highest BCUT2D eigenvalue weighted by molar-refractivity contribution is 6.11. The van der Waals surface area contributed by atoms with Crippen LogP contribution in [-0.4, -0.2) is 31.4 Å². The molecule has 0 spiro atoms. The SMILES string of the molecule is CCOCCCNC(=O)[C@@H](C#N)C(=O)/C=C(/C)c1ccc(F)cc1. The van der Waals surface area contributed by atoms with E-state index in [1.54, 1.807) is 13.0 Å². The topological polar surface area (TPSA) is 79.2 Å². The first-order chi connectivity index (χ1) is 11.5. The van der Waals surface area contributed by atoms with Crippen molar-refractivity contribution < 1.29 is 18.7 Å². The fraction of sp³-hybridized carbons (Fsp3) is 0.389. The van der Waals surface area contributed by atoms with E-state index in [1.165, 1.54) is 30.3 Å². The number of benzene rings is 1. The molecule has 1 aromatic rings. The molecule has 5 nitrogen and oxygen atoms in total. The third-order valence-corrected chi connectivity index (χ3v) is 3.30. The van der Waals surface area contributed by atoms with Gasteiger partial charge in [0.15, 0.2) is 11.7 Å². The van der Waals surface area contributed by atoms with E-state index in [1.807, 2.05) is 6.92 Å². The second kappa shape index (κ2) is 10.3. The molecule has 0 bridgehead atoms. The number of allylic oxidation sites excluding steroid dienone is 2. The van der Waals surface area contributed by atoms with Crippen molar-refractivity contribution in [3.63, 3.8) is 0 Å². The quantitative estimate of drug-likeness (QED) is 0.428. The minimum absolute atomic E-state index is 0.338. The molecule has 0 aliphatic carbocycles. The molecule has 0 unspecified atom stereocenters. The van der Waals surface area contributed by atoms with Gasteiger partial charge in [-0.1, -0.05) is 12.1 Å². The number of rotatable bonds is 9. The molecule has 1 N–H and O–H groups in total. The van der Waals surface area contributed by atoms with Crippen molar-refractivity contribution in [3.8, 4) is 6.07 Å². The summed E-state index contributed by atoms with van der Waals surface area (Å²) in [6.07, 6.45) is 1.84. The van der Waals surface area contributed by atoms with Crippen LogP contribution in [0, 0.1) is 23.1 Å². The summed E-state index contributed by atoms with van der Waals surface area (Å²) in [5.74, 6) is -2.99. The summed E-state index contributed by atoms with van der Waals surface area (Å²) in [6.45, 7) is 4.98. The maximum Gasteiger partial charge on any atom is 0.245 e. The van der Waals surface area contributed by atoms with E-state index in [2.05, 4.69) is 5.32 Å². The maximum absolute atomic E-state index is 12.9. The number of nitrogens with zero attached hydrogens (tertiary/aromatic N) is 1. The predicted octanol–water partition coefficient (Wildman–Crippen LogP) is 2.48. The van der Waals surface area contributed by atoms with Crippen molar-refractivity contribution in [1.29, 1.82) is 5.26 Å². The first-order valence-electron chi connectivity index (χ1n) is 7.72. The molecular weight excluding hydrogens is 311 g/mol. The second-order valence-corrected chi connectivity index (χ2v) is 5.14. The highest BCUT2D eigenvalue weighted by atomic mass is 19.1. The van der Waals surface area contributed by atoms with Crippen LogP contribution in [0.15, 0.2) is 30.3 Å².